The first-order valence-electron chi connectivity index (χ1n) is 4.62. The Morgan fingerprint density at radius 2 is 2.31 bits per heavy atom. The lowest BCUT2D eigenvalue weighted by Gasteiger charge is -2.11. The van der Waals surface area contributed by atoms with Crippen molar-refractivity contribution in [2.24, 2.45) is 0 Å². The van der Waals surface area contributed by atoms with Crippen LogP contribution in [0, 0.1) is 5.82 Å². The number of thiazole rings is 1. The zero-order chi connectivity index (χ0) is 11.5. The average Bonchev–Trinajstić information content (AvgIpc) is 2.82. The minimum Gasteiger partial charge on any atom is -0.494 e. The van der Waals surface area contributed by atoms with Gasteiger partial charge in [0.25, 0.3) is 0 Å². The molecule has 0 aliphatic rings. The molecule has 1 unspecified atom stereocenters. The van der Waals surface area contributed by atoms with Crippen LogP contribution in [-0.4, -0.2) is 17.2 Å². The zero-order valence-electron chi connectivity index (χ0n) is 8.55. The largest absolute Gasteiger partial charge is 0.494 e. The standard InChI is InChI=1S/C11H10FNO2S/c1-15-9-4-2-3-7(10(9)12)11(14)8-5-16-6-13-8/h2-6,11,14H,1H3. The van der Waals surface area contributed by atoms with Gasteiger partial charge in [-0.15, -0.1) is 11.3 Å². The molecule has 0 bridgehead atoms. The van der Waals surface area contributed by atoms with E-state index in [1.54, 1.807) is 17.0 Å². The molecule has 5 heteroatoms. The maximum Gasteiger partial charge on any atom is 0.171 e. The second-order valence-electron chi connectivity index (χ2n) is 3.18. The molecule has 0 fully saturated rings. The Balaban J connectivity index is 2.41. The van der Waals surface area contributed by atoms with Gasteiger partial charge in [-0.2, -0.15) is 0 Å². The second kappa shape index (κ2) is 4.59. The lowest BCUT2D eigenvalue weighted by Crippen LogP contribution is -2.04. The van der Waals surface area contributed by atoms with E-state index in [4.69, 9.17) is 4.74 Å². The van der Waals surface area contributed by atoms with Crippen LogP contribution < -0.4 is 4.74 Å². The summed E-state index contributed by atoms with van der Waals surface area (Å²) < 4.78 is 18.7. The van der Waals surface area contributed by atoms with Gasteiger partial charge in [-0.1, -0.05) is 12.1 Å². The topological polar surface area (TPSA) is 42.4 Å². The van der Waals surface area contributed by atoms with Crippen LogP contribution in [0.1, 0.15) is 17.4 Å². The predicted octanol–water partition coefficient (Wildman–Crippen LogP) is 2.37. The summed E-state index contributed by atoms with van der Waals surface area (Å²) in [6.45, 7) is 0. The van der Waals surface area contributed by atoms with Gasteiger partial charge in [-0.25, -0.2) is 9.37 Å². The van der Waals surface area contributed by atoms with Crippen molar-refractivity contribution in [2.75, 3.05) is 7.11 Å². The van der Waals surface area contributed by atoms with E-state index in [-0.39, 0.29) is 11.3 Å². The van der Waals surface area contributed by atoms with Crippen molar-refractivity contribution < 1.29 is 14.2 Å². The van der Waals surface area contributed by atoms with Gasteiger partial charge in [0.15, 0.2) is 11.6 Å². The van der Waals surface area contributed by atoms with E-state index in [2.05, 4.69) is 4.98 Å². The van der Waals surface area contributed by atoms with Crippen molar-refractivity contribution in [3.63, 3.8) is 0 Å². The Morgan fingerprint density at radius 1 is 1.50 bits per heavy atom. The summed E-state index contributed by atoms with van der Waals surface area (Å²) in [6, 6.07) is 4.65. The molecule has 2 rings (SSSR count). The van der Waals surface area contributed by atoms with Gasteiger partial charge < -0.3 is 9.84 Å². The van der Waals surface area contributed by atoms with Crippen molar-refractivity contribution in [3.8, 4) is 5.75 Å². The van der Waals surface area contributed by atoms with E-state index in [1.807, 2.05) is 0 Å². The molecule has 0 amide bonds. The van der Waals surface area contributed by atoms with Gasteiger partial charge in [-0.05, 0) is 6.07 Å². The van der Waals surface area contributed by atoms with Crippen molar-refractivity contribution in [3.05, 3.63) is 46.2 Å². The quantitative estimate of drug-likeness (QED) is 0.894. The van der Waals surface area contributed by atoms with Crippen LogP contribution in [0.25, 0.3) is 0 Å². The van der Waals surface area contributed by atoms with Gasteiger partial charge in [0.2, 0.25) is 0 Å². The first-order chi connectivity index (χ1) is 7.74. The molecule has 0 aliphatic carbocycles. The summed E-state index contributed by atoms with van der Waals surface area (Å²) >= 11 is 1.35. The highest BCUT2D eigenvalue weighted by Gasteiger charge is 2.18. The summed E-state index contributed by atoms with van der Waals surface area (Å²) in [5.74, 6) is -0.433. The van der Waals surface area contributed by atoms with Crippen molar-refractivity contribution >= 4 is 11.3 Å². The minimum atomic E-state index is -1.05. The van der Waals surface area contributed by atoms with Crippen LogP contribution in [0.2, 0.25) is 0 Å². The molecule has 2 aromatic rings. The first-order valence-corrected chi connectivity index (χ1v) is 5.57. The van der Waals surface area contributed by atoms with Gasteiger partial charge in [0.1, 0.15) is 6.10 Å². The summed E-state index contributed by atoms with van der Waals surface area (Å²) in [6.07, 6.45) is -1.05. The number of aliphatic hydroxyl groups is 1. The fraction of sp³-hybridized carbons (Fsp3) is 0.182. The molecule has 1 atom stereocenters. The lowest BCUT2D eigenvalue weighted by atomic mass is 10.1. The molecular formula is C11H10FNO2S. The van der Waals surface area contributed by atoms with E-state index < -0.39 is 11.9 Å². The number of nitrogens with zero attached hydrogens (tertiary/aromatic N) is 1. The van der Waals surface area contributed by atoms with Crippen LogP contribution in [0.15, 0.2) is 29.1 Å². The molecule has 3 nitrogen and oxygen atoms in total. The number of aromatic nitrogens is 1. The predicted molar refractivity (Wildman–Crippen MR) is 59.1 cm³/mol. The normalized spacial score (nSPS) is 12.4. The molecule has 16 heavy (non-hydrogen) atoms. The van der Waals surface area contributed by atoms with E-state index in [9.17, 15) is 9.50 Å². The summed E-state index contributed by atoms with van der Waals surface area (Å²) in [4.78, 5) is 3.95. The van der Waals surface area contributed by atoms with Crippen LogP contribution in [-0.2, 0) is 0 Å². The fourth-order valence-corrected chi connectivity index (χ4v) is 1.99. The van der Waals surface area contributed by atoms with Crippen LogP contribution >= 0.6 is 11.3 Å². The second-order valence-corrected chi connectivity index (χ2v) is 3.90. The fourth-order valence-electron chi connectivity index (χ4n) is 1.41. The van der Waals surface area contributed by atoms with Crippen molar-refractivity contribution in [1.29, 1.82) is 0 Å². The number of methoxy groups -OCH3 is 1. The molecule has 0 spiro atoms. The Morgan fingerprint density at radius 3 is 2.94 bits per heavy atom. The molecule has 1 aromatic carbocycles. The smallest absolute Gasteiger partial charge is 0.171 e. The van der Waals surface area contributed by atoms with Crippen LogP contribution in [0.5, 0.6) is 5.75 Å². The number of aliphatic hydroxyl groups excluding tert-OH is 1. The maximum atomic E-state index is 13.8. The van der Waals surface area contributed by atoms with E-state index in [0.717, 1.165) is 0 Å². The van der Waals surface area contributed by atoms with Crippen LogP contribution in [0.3, 0.4) is 0 Å². The highest BCUT2D eigenvalue weighted by atomic mass is 32.1. The summed E-state index contributed by atoms with van der Waals surface area (Å²) in [7, 11) is 1.39. The summed E-state index contributed by atoms with van der Waals surface area (Å²) in [5.41, 5.74) is 2.21. The first kappa shape index (κ1) is 11.0. The number of rotatable bonds is 3. The Labute approximate surface area is 96.2 Å². The molecule has 0 aliphatic heterocycles. The third-order valence-electron chi connectivity index (χ3n) is 2.24. The third-order valence-corrected chi connectivity index (χ3v) is 2.84. The third kappa shape index (κ3) is 1.91. The highest BCUT2D eigenvalue weighted by Crippen LogP contribution is 2.28. The molecule has 0 radical (unpaired) electrons. The van der Waals surface area contributed by atoms with E-state index >= 15 is 0 Å². The van der Waals surface area contributed by atoms with Crippen molar-refractivity contribution in [2.45, 2.75) is 6.10 Å². The van der Waals surface area contributed by atoms with Gasteiger partial charge in [0.05, 0.1) is 18.3 Å². The molecule has 84 valence electrons. The van der Waals surface area contributed by atoms with E-state index in [1.165, 1.54) is 30.6 Å². The van der Waals surface area contributed by atoms with Crippen LogP contribution in [0.4, 0.5) is 4.39 Å². The Bertz CT molecular complexity index is 473. The monoisotopic (exact) mass is 239 g/mol. The zero-order valence-corrected chi connectivity index (χ0v) is 9.37. The lowest BCUT2D eigenvalue weighted by molar-refractivity contribution is 0.209. The molecular weight excluding hydrogens is 229 g/mol. The van der Waals surface area contributed by atoms with Gasteiger partial charge in [-0.3, -0.25) is 0 Å². The van der Waals surface area contributed by atoms with Crippen molar-refractivity contribution in [1.82, 2.24) is 4.98 Å². The number of hydrogen-bond donors (Lipinski definition) is 1. The molecule has 1 N–H and O–H groups in total. The SMILES string of the molecule is COc1cccc(C(O)c2cscn2)c1F. The van der Waals surface area contributed by atoms with E-state index in [0.29, 0.717) is 5.69 Å². The van der Waals surface area contributed by atoms with Gasteiger partial charge >= 0.3 is 0 Å². The Hall–Kier alpha value is -1.46. The number of hydrogen-bond acceptors (Lipinski definition) is 4. The number of benzene rings is 1. The molecule has 1 aromatic heterocycles. The molecule has 0 saturated carbocycles. The number of halogens is 1. The average molecular weight is 239 g/mol. The maximum absolute atomic E-state index is 13.8. The van der Waals surface area contributed by atoms with Gasteiger partial charge in [0, 0.05) is 10.9 Å². The minimum absolute atomic E-state index is 0.117. The molecule has 0 saturated heterocycles. The highest BCUT2D eigenvalue weighted by molar-refractivity contribution is 7.07. The summed E-state index contributed by atoms with van der Waals surface area (Å²) in [5, 5.41) is 11.6. The molecule has 1 heterocycles. The number of ether oxygens (including phenoxy) is 1. The Kier molecular flexibility index (Phi) is 3.17.